The van der Waals surface area contributed by atoms with E-state index in [1.807, 2.05) is 0 Å². The Bertz CT molecular complexity index is 554. The van der Waals surface area contributed by atoms with Crippen molar-refractivity contribution in [3.63, 3.8) is 0 Å². The second kappa shape index (κ2) is 6.06. The van der Waals surface area contributed by atoms with Crippen LogP contribution in [0.1, 0.15) is 16.8 Å². The summed E-state index contributed by atoms with van der Waals surface area (Å²) in [5.74, 6) is -0.984. The first-order valence-corrected chi connectivity index (χ1v) is 6.36. The van der Waals surface area contributed by atoms with Gasteiger partial charge in [-0.05, 0) is 12.1 Å². The van der Waals surface area contributed by atoms with E-state index >= 15 is 0 Å². The minimum absolute atomic E-state index is 0.142. The third-order valence-corrected chi connectivity index (χ3v) is 3.51. The summed E-state index contributed by atoms with van der Waals surface area (Å²) in [6, 6.07) is 3.45. The van der Waals surface area contributed by atoms with Crippen LogP contribution in [0.15, 0.2) is 18.2 Å². The molecular weight excluding hydrogens is 280 g/mol. The Hall–Kier alpha value is -2.19. The molecule has 1 aromatic rings. The Labute approximate surface area is 120 Å². The van der Waals surface area contributed by atoms with Gasteiger partial charge in [0, 0.05) is 38.3 Å². The van der Waals surface area contributed by atoms with Gasteiger partial charge in [-0.3, -0.25) is 14.9 Å². The monoisotopic (exact) mass is 296 g/mol. The molecule has 1 aliphatic heterocycles. The van der Waals surface area contributed by atoms with Gasteiger partial charge in [0.05, 0.1) is 11.5 Å². The predicted octanol–water partition coefficient (Wildman–Crippen LogP) is 0.836. The van der Waals surface area contributed by atoms with Crippen LogP contribution in [0.2, 0.25) is 0 Å². The summed E-state index contributed by atoms with van der Waals surface area (Å²) < 4.78 is 10.6. The van der Waals surface area contributed by atoms with Gasteiger partial charge in [-0.25, -0.2) is 0 Å². The number of aromatic hydroxyl groups is 1. The van der Waals surface area contributed by atoms with Crippen LogP contribution in [-0.2, 0) is 9.47 Å². The molecule has 1 aromatic carbocycles. The molecule has 1 aliphatic rings. The highest BCUT2D eigenvalue weighted by Gasteiger charge is 2.35. The van der Waals surface area contributed by atoms with Crippen molar-refractivity contribution < 1.29 is 24.3 Å². The fourth-order valence-corrected chi connectivity index (χ4v) is 2.12. The van der Waals surface area contributed by atoms with Gasteiger partial charge in [0.2, 0.25) is 0 Å². The van der Waals surface area contributed by atoms with E-state index in [-0.39, 0.29) is 12.1 Å². The maximum atomic E-state index is 12.0. The number of amides is 1. The van der Waals surface area contributed by atoms with Crippen molar-refractivity contribution in [1.82, 2.24) is 5.32 Å². The third-order valence-electron chi connectivity index (χ3n) is 3.51. The average Bonchev–Trinajstić information content (AvgIpc) is 2.93. The topological polar surface area (TPSA) is 111 Å². The lowest BCUT2D eigenvalue weighted by molar-refractivity contribution is -0.385. The molecule has 2 rings (SSSR count). The summed E-state index contributed by atoms with van der Waals surface area (Å²) in [6.07, 6.45) is 0.676. The van der Waals surface area contributed by atoms with Crippen LogP contribution in [0.5, 0.6) is 5.75 Å². The van der Waals surface area contributed by atoms with Crippen molar-refractivity contribution in [2.75, 3.05) is 26.9 Å². The van der Waals surface area contributed by atoms with Crippen molar-refractivity contribution in [3.8, 4) is 5.75 Å². The highest BCUT2D eigenvalue weighted by molar-refractivity contribution is 5.95. The zero-order chi connectivity index (χ0) is 15.5. The maximum absolute atomic E-state index is 12.0. The number of carbonyl (C=O) groups is 1. The molecule has 1 saturated heterocycles. The second-order valence-electron chi connectivity index (χ2n) is 4.83. The number of nitro benzene ring substituents is 1. The van der Waals surface area contributed by atoms with Crippen LogP contribution >= 0.6 is 0 Å². The summed E-state index contributed by atoms with van der Waals surface area (Å²) in [7, 11) is 1.55. The largest absolute Gasteiger partial charge is 0.502 e. The molecule has 2 N–H and O–H groups in total. The summed E-state index contributed by atoms with van der Waals surface area (Å²) in [5.41, 5.74) is -0.842. The van der Waals surface area contributed by atoms with Gasteiger partial charge in [0.25, 0.3) is 5.91 Å². The van der Waals surface area contributed by atoms with Crippen molar-refractivity contribution in [2.24, 2.45) is 0 Å². The predicted molar refractivity (Wildman–Crippen MR) is 72.3 cm³/mol. The first-order valence-electron chi connectivity index (χ1n) is 6.36. The van der Waals surface area contributed by atoms with Gasteiger partial charge >= 0.3 is 5.69 Å². The summed E-state index contributed by atoms with van der Waals surface area (Å²) in [5, 5.41) is 22.8. The Kier molecular flexibility index (Phi) is 4.39. The molecule has 114 valence electrons. The van der Waals surface area contributed by atoms with E-state index < -0.39 is 27.9 Å². The second-order valence-corrected chi connectivity index (χ2v) is 4.83. The fraction of sp³-hybridized carbons (Fsp3) is 0.462. The lowest BCUT2D eigenvalue weighted by Crippen LogP contribution is -2.45. The van der Waals surface area contributed by atoms with Crippen molar-refractivity contribution in [3.05, 3.63) is 33.9 Å². The number of nitrogens with one attached hydrogen (secondary N) is 1. The van der Waals surface area contributed by atoms with E-state index in [1.165, 1.54) is 6.07 Å². The van der Waals surface area contributed by atoms with Gasteiger partial charge in [0.15, 0.2) is 5.75 Å². The van der Waals surface area contributed by atoms with Crippen LogP contribution in [-0.4, -0.2) is 48.4 Å². The lowest BCUT2D eigenvalue weighted by Gasteiger charge is -2.25. The smallest absolute Gasteiger partial charge is 0.310 e. The van der Waals surface area contributed by atoms with Gasteiger partial charge in [0.1, 0.15) is 5.60 Å². The molecule has 0 spiro atoms. The van der Waals surface area contributed by atoms with Gasteiger partial charge < -0.3 is 19.9 Å². The molecule has 0 saturated carbocycles. The molecule has 1 heterocycles. The van der Waals surface area contributed by atoms with Crippen LogP contribution in [0.3, 0.4) is 0 Å². The molecule has 0 aromatic heterocycles. The number of nitrogens with zero attached hydrogens (tertiary/aromatic N) is 1. The Morgan fingerprint density at radius 2 is 2.38 bits per heavy atom. The molecule has 0 aliphatic carbocycles. The van der Waals surface area contributed by atoms with Crippen LogP contribution in [0.25, 0.3) is 0 Å². The maximum Gasteiger partial charge on any atom is 0.310 e. The van der Waals surface area contributed by atoms with E-state index in [4.69, 9.17) is 9.47 Å². The normalized spacial score (nSPS) is 21.2. The molecule has 1 fully saturated rings. The van der Waals surface area contributed by atoms with Gasteiger partial charge in [-0.15, -0.1) is 0 Å². The molecule has 1 atom stereocenters. The SMILES string of the molecule is COC1(CNC(=O)c2ccc([N+](=O)[O-])c(O)c2)CCOC1. The summed E-state index contributed by atoms with van der Waals surface area (Å²) >= 11 is 0. The lowest BCUT2D eigenvalue weighted by atomic mass is 10.0. The van der Waals surface area contributed by atoms with Crippen LogP contribution < -0.4 is 5.32 Å². The van der Waals surface area contributed by atoms with E-state index in [1.54, 1.807) is 7.11 Å². The van der Waals surface area contributed by atoms with E-state index in [0.717, 1.165) is 12.1 Å². The molecular formula is C13H16N2O6. The molecule has 8 nitrogen and oxygen atoms in total. The molecule has 21 heavy (non-hydrogen) atoms. The first-order chi connectivity index (χ1) is 9.97. The summed E-state index contributed by atoms with van der Waals surface area (Å²) in [6.45, 7) is 1.23. The average molecular weight is 296 g/mol. The Morgan fingerprint density at radius 1 is 1.62 bits per heavy atom. The zero-order valence-electron chi connectivity index (χ0n) is 11.5. The van der Waals surface area contributed by atoms with E-state index in [9.17, 15) is 20.0 Å². The molecule has 0 radical (unpaired) electrons. The summed E-state index contributed by atoms with van der Waals surface area (Å²) in [4.78, 5) is 21.9. The van der Waals surface area contributed by atoms with Crippen LogP contribution in [0.4, 0.5) is 5.69 Å². The highest BCUT2D eigenvalue weighted by atomic mass is 16.6. The van der Waals surface area contributed by atoms with Crippen molar-refractivity contribution in [1.29, 1.82) is 0 Å². The number of methoxy groups -OCH3 is 1. The minimum Gasteiger partial charge on any atom is -0.502 e. The first kappa shape index (κ1) is 15.2. The molecule has 8 heteroatoms. The zero-order valence-corrected chi connectivity index (χ0v) is 11.5. The number of hydrogen-bond donors (Lipinski definition) is 2. The molecule has 1 amide bonds. The Balaban J connectivity index is 2.03. The van der Waals surface area contributed by atoms with Crippen molar-refractivity contribution >= 4 is 11.6 Å². The van der Waals surface area contributed by atoms with E-state index in [2.05, 4.69) is 5.32 Å². The quantitative estimate of drug-likeness (QED) is 0.615. The number of rotatable bonds is 5. The van der Waals surface area contributed by atoms with Crippen LogP contribution in [0, 0.1) is 10.1 Å². The van der Waals surface area contributed by atoms with Crippen molar-refractivity contribution in [2.45, 2.75) is 12.0 Å². The number of phenols is 1. The standard InChI is InChI=1S/C13H16N2O6/c1-20-13(4-5-21-8-13)7-14-12(17)9-2-3-10(15(18)19)11(16)6-9/h2-3,6,16H,4-5,7-8H2,1H3,(H,14,17). The molecule has 1 unspecified atom stereocenters. The number of hydrogen-bond acceptors (Lipinski definition) is 6. The number of phenolic OH excluding ortho intramolecular Hbond substituents is 1. The molecule has 0 bridgehead atoms. The Morgan fingerprint density at radius 3 is 2.90 bits per heavy atom. The van der Waals surface area contributed by atoms with E-state index in [0.29, 0.717) is 19.6 Å². The third kappa shape index (κ3) is 3.29. The number of nitro groups is 1. The minimum atomic E-state index is -0.715. The van der Waals surface area contributed by atoms with Gasteiger partial charge in [-0.1, -0.05) is 0 Å². The number of carbonyl (C=O) groups excluding carboxylic acids is 1. The highest BCUT2D eigenvalue weighted by Crippen LogP contribution is 2.26. The van der Waals surface area contributed by atoms with Gasteiger partial charge in [-0.2, -0.15) is 0 Å². The fourth-order valence-electron chi connectivity index (χ4n) is 2.12. The number of ether oxygens (including phenoxy) is 2. The number of benzene rings is 1.